The summed E-state index contributed by atoms with van der Waals surface area (Å²) in [7, 11) is -1.23. The molecule has 2 nitrogen and oxygen atoms in total. The minimum absolute atomic E-state index is 0. The van der Waals surface area contributed by atoms with E-state index in [9.17, 15) is 8.78 Å². The molecule has 46 heavy (non-hydrogen) atoms. The Bertz CT molecular complexity index is 1870. The predicted molar refractivity (Wildman–Crippen MR) is 185 cm³/mol. The SMILES string of the molecule is CC(C)c1ccnc(-c2[c-]ccc(-c3ccc(-c4ccc(F)cc4F)cc3)c2)c1.C[Si](C)(C)c1ccc(-c2[c-]cccc2)nc1.[Ir]. The molecular weight excluding hydrogens is 767 g/mol. The van der Waals surface area contributed by atoms with E-state index >= 15 is 0 Å². The van der Waals surface area contributed by atoms with Gasteiger partial charge in [-0.2, -0.15) is 0 Å². The van der Waals surface area contributed by atoms with Crippen LogP contribution in [0.25, 0.3) is 44.8 Å². The molecule has 0 saturated heterocycles. The van der Waals surface area contributed by atoms with Gasteiger partial charge in [-0.15, -0.1) is 71.3 Å². The first-order valence-electron chi connectivity index (χ1n) is 15.1. The first kappa shape index (κ1) is 34.8. The van der Waals surface area contributed by atoms with Gasteiger partial charge in [-0.25, -0.2) is 8.78 Å². The van der Waals surface area contributed by atoms with Gasteiger partial charge in [0, 0.05) is 44.1 Å². The maximum Gasteiger partial charge on any atom is 0.133 e. The van der Waals surface area contributed by atoms with Crippen molar-refractivity contribution in [3.8, 4) is 44.8 Å². The number of aromatic nitrogens is 2. The number of benzene rings is 4. The van der Waals surface area contributed by atoms with Crippen molar-refractivity contribution in [2.45, 2.75) is 39.4 Å². The molecule has 4 aromatic carbocycles. The summed E-state index contributed by atoms with van der Waals surface area (Å²) in [6, 6.07) is 40.0. The summed E-state index contributed by atoms with van der Waals surface area (Å²) in [6.45, 7) is 11.3. The van der Waals surface area contributed by atoms with Crippen LogP contribution in [0.15, 0.2) is 122 Å². The third-order valence-corrected chi connectivity index (χ3v) is 9.63. The molecule has 0 N–H and O–H groups in total. The maximum atomic E-state index is 14.0. The van der Waals surface area contributed by atoms with Crippen LogP contribution in [0.1, 0.15) is 25.3 Å². The third-order valence-electron chi connectivity index (χ3n) is 7.60. The fourth-order valence-corrected chi connectivity index (χ4v) is 5.90. The van der Waals surface area contributed by atoms with Crippen LogP contribution in [-0.2, 0) is 20.1 Å². The summed E-state index contributed by atoms with van der Waals surface area (Å²) in [5.41, 5.74) is 8.25. The van der Waals surface area contributed by atoms with Gasteiger partial charge in [0.1, 0.15) is 11.6 Å². The molecule has 6 heteroatoms. The van der Waals surface area contributed by atoms with Crippen molar-refractivity contribution in [1.82, 2.24) is 9.97 Å². The van der Waals surface area contributed by atoms with Crippen molar-refractivity contribution < 1.29 is 28.9 Å². The fourth-order valence-electron chi connectivity index (χ4n) is 4.86. The molecular formula is C40H36F2IrN2Si-2. The summed E-state index contributed by atoms with van der Waals surface area (Å²) in [5, 5.41) is 1.40. The van der Waals surface area contributed by atoms with Crippen molar-refractivity contribution in [3.05, 3.63) is 151 Å². The summed E-state index contributed by atoms with van der Waals surface area (Å²) in [6.07, 6.45) is 3.85. The predicted octanol–water partition coefficient (Wildman–Crippen LogP) is 10.4. The Labute approximate surface area is 286 Å². The zero-order valence-corrected chi connectivity index (χ0v) is 30.0. The van der Waals surface area contributed by atoms with Crippen LogP contribution in [0.4, 0.5) is 8.78 Å². The molecule has 0 aliphatic rings. The van der Waals surface area contributed by atoms with Gasteiger partial charge in [-0.3, -0.25) is 0 Å². The van der Waals surface area contributed by atoms with E-state index in [1.807, 2.05) is 79.1 Å². The van der Waals surface area contributed by atoms with Gasteiger partial charge in [-0.05, 0) is 51.8 Å². The van der Waals surface area contributed by atoms with Gasteiger partial charge in [0.05, 0.1) is 8.07 Å². The molecule has 0 saturated carbocycles. The maximum absolute atomic E-state index is 14.0. The Morgan fingerprint density at radius 1 is 0.652 bits per heavy atom. The van der Waals surface area contributed by atoms with E-state index < -0.39 is 19.7 Å². The molecule has 0 spiro atoms. The Kier molecular flexibility index (Phi) is 11.7. The zero-order chi connectivity index (χ0) is 32.0. The van der Waals surface area contributed by atoms with Crippen LogP contribution < -0.4 is 5.19 Å². The molecule has 0 unspecified atom stereocenters. The molecule has 1 radical (unpaired) electrons. The zero-order valence-electron chi connectivity index (χ0n) is 26.6. The first-order valence-corrected chi connectivity index (χ1v) is 18.6. The summed E-state index contributed by atoms with van der Waals surface area (Å²) in [5.74, 6) is -0.712. The number of hydrogen-bond acceptors (Lipinski definition) is 2. The molecule has 2 aromatic heterocycles. The summed E-state index contributed by atoms with van der Waals surface area (Å²) >= 11 is 0. The molecule has 0 amide bonds. The van der Waals surface area contributed by atoms with Crippen molar-refractivity contribution in [3.63, 3.8) is 0 Å². The Morgan fingerprint density at radius 2 is 1.39 bits per heavy atom. The molecule has 235 valence electrons. The van der Waals surface area contributed by atoms with Gasteiger partial charge in [0.25, 0.3) is 0 Å². The second-order valence-corrected chi connectivity index (χ2v) is 17.4. The average molecular weight is 803 g/mol. The second-order valence-electron chi connectivity index (χ2n) is 12.3. The number of rotatable bonds is 6. The van der Waals surface area contributed by atoms with Gasteiger partial charge in [0.15, 0.2) is 0 Å². The van der Waals surface area contributed by atoms with E-state index in [0.717, 1.165) is 39.7 Å². The molecule has 0 fully saturated rings. The smallest absolute Gasteiger partial charge is 0.133 e. The summed E-state index contributed by atoms with van der Waals surface area (Å²) < 4.78 is 27.2. The van der Waals surface area contributed by atoms with Crippen molar-refractivity contribution in [1.29, 1.82) is 0 Å². The minimum atomic E-state index is -1.23. The standard InChI is InChI=1S/C26H20F2N.C14H16NSi.Ir/c1-17(2)20-12-13-29-26(15-20)22-5-3-4-21(14-22)18-6-8-19(9-7-18)24-11-10-23(27)16-25(24)28;1-16(2,3)13-9-10-14(15-11-13)12-7-5-4-6-8-12;/h3-4,6-17H,1-2H3;4-7,9-11H,1-3H3;/q2*-1;. The van der Waals surface area contributed by atoms with E-state index in [0.29, 0.717) is 17.0 Å². The number of pyridine rings is 2. The topological polar surface area (TPSA) is 25.8 Å². The molecule has 0 aliphatic carbocycles. The number of halogens is 2. The second kappa shape index (κ2) is 15.5. The van der Waals surface area contributed by atoms with Crippen LogP contribution in [0, 0.1) is 23.8 Å². The van der Waals surface area contributed by atoms with E-state index in [4.69, 9.17) is 0 Å². The number of hydrogen-bond donors (Lipinski definition) is 0. The molecule has 6 rings (SSSR count). The van der Waals surface area contributed by atoms with E-state index in [-0.39, 0.29) is 20.1 Å². The third kappa shape index (κ3) is 8.79. The van der Waals surface area contributed by atoms with Gasteiger partial charge in [-0.1, -0.05) is 81.5 Å². The normalized spacial score (nSPS) is 11.0. The average Bonchev–Trinajstić information content (AvgIpc) is 3.05. The van der Waals surface area contributed by atoms with Crippen LogP contribution in [0.3, 0.4) is 0 Å². The van der Waals surface area contributed by atoms with Gasteiger partial charge < -0.3 is 9.97 Å². The Balaban J connectivity index is 0.000000240. The monoisotopic (exact) mass is 803 g/mol. The molecule has 2 heterocycles. The number of nitrogens with zero attached hydrogens (tertiary/aromatic N) is 2. The van der Waals surface area contributed by atoms with Crippen LogP contribution in [0.5, 0.6) is 0 Å². The molecule has 0 bridgehead atoms. The van der Waals surface area contributed by atoms with E-state index in [1.54, 1.807) is 0 Å². The van der Waals surface area contributed by atoms with E-state index in [2.05, 4.69) is 79.9 Å². The van der Waals surface area contributed by atoms with Crippen LogP contribution in [0.2, 0.25) is 19.6 Å². The van der Waals surface area contributed by atoms with Crippen molar-refractivity contribution >= 4 is 13.3 Å². The molecule has 0 aliphatic heterocycles. The van der Waals surface area contributed by atoms with Gasteiger partial charge in [0.2, 0.25) is 0 Å². The Morgan fingerprint density at radius 3 is 2.02 bits per heavy atom. The Hall–Kier alpha value is -4.09. The minimum Gasteiger partial charge on any atom is -0.305 e. The first-order chi connectivity index (χ1) is 21.6. The summed E-state index contributed by atoms with van der Waals surface area (Å²) in [4.78, 5) is 9.01. The van der Waals surface area contributed by atoms with Crippen molar-refractivity contribution in [2.75, 3.05) is 0 Å². The fraction of sp³-hybridized carbons (Fsp3) is 0.150. The van der Waals surface area contributed by atoms with Crippen LogP contribution >= 0.6 is 0 Å². The van der Waals surface area contributed by atoms with Crippen molar-refractivity contribution in [2.24, 2.45) is 0 Å². The largest absolute Gasteiger partial charge is 0.305 e. The van der Waals surface area contributed by atoms with Crippen LogP contribution in [-0.4, -0.2) is 18.0 Å². The molecule has 6 aromatic rings. The van der Waals surface area contributed by atoms with Gasteiger partial charge >= 0.3 is 0 Å². The van der Waals surface area contributed by atoms with E-state index in [1.165, 1.54) is 22.9 Å². The quantitative estimate of drug-likeness (QED) is 0.124. The molecule has 0 atom stereocenters.